The van der Waals surface area contributed by atoms with Gasteiger partial charge in [0, 0.05) is 12.7 Å². The third-order valence-electron chi connectivity index (χ3n) is 4.50. The van der Waals surface area contributed by atoms with Crippen molar-refractivity contribution in [1.82, 2.24) is 14.9 Å². The van der Waals surface area contributed by atoms with Crippen LogP contribution in [0, 0.1) is 0 Å². The zero-order chi connectivity index (χ0) is 21.0. The first-order valence-corrected chi connectivity index (χ1v) is 8.87. The smallest absolute Gasteiger partial charge is 0.275 e. The molecule has 0 saturated carbocycles. The molecule has 0 aliphatic carbocycles. The number of aliphatic imine (C=N–C) groups is 1. The van der Waals surface area contributed by atoms with Crippen LogP contribution >= 0.6 is 0 Å². The van der Waals surface area contributed by atoms with Crippen LogP contribution in [-0.2, 0) is 10.3 Å². The number of nitrogens with one attached hydrogen (secondary N) is 1. The monoisotopic (exact) mass is 400 g/mol. The van der Waals surface area contributed by atoms with Gasteiger partial charge >= 0.3 is 0 Å². The fourth-order valence-electron chi connectivity index (χ4n) is 2.85. The molecule has 2 aromatic rings. The Bertz CT molecular complexity index is 949. The van der Waals surface area contributed by atoms with Crippen LogP contribution in [0.1, 0.15) is 29.4 Å². The van der Waals surface area contributed by atoms with Crippen LogP contribution in [0.2, 0.25) is 0 Å². The summed E-state index contributed by atoms with van der Waals surface area (Å²) in [5.74, 6) is -0.334. The third kappa shape index (κ3) is 4.48. The zero-order valence-corrected chi connectivity index (χ0v) is 16.1. The van der Waals surface area contributed by atoms with Crippen molar-refractivity contribution in [2.75, 3.05) is 25.6 Å². The number of carbonyl (C=O) groups is 2. The van der Waals surface area contributed by atoms with Crippen LogP contribution in [0.15, 0.2) is 41.7 Å². The predicted molar refractivity (Wildman–Crippen MR) is 104 cm³/mol. The van der Waals surface area contributed by atoms with Crippen molar-refractivity contribution in [1.29, 1.82) is 0 Å². The van der Waals surface area contributed by atoms with Gasteiger partial charge in [-0.15, -0.1) is 0 Å². The minimum absolute atomic E-state index is 0.0750. The van der Waals surface area contributed by atoms with Crippen molar-refractivity contribution in [3.8, 4) is 5.88 Å². The zero-order valence-electron chi connectivity index (χ0n) is 16.1. The molecule has 152 valence electrons. The SMILES string of the molecule is CN1C(=O)CC(C)(c2cccc(NC(=O)c3cnc(OCCF)cn3)c2)N=C1N. The molecule has 0 spiro atoms. The summed E-state index contributed by atoms with van der Waals surface area (Å²) in [6, 6.07) is 7.02. The lowest BCUT2D eigenvalue weighted by Gasteiger charge is -2.33. The fourth-order valence-corrected chi connectivity index (χ4v) is 2.85. The van der Waals surface area contributed by atoms with Crippen LogP contribution in [0.5, 0.6) is 5.88 Å². The van der Waals surface area contributed by atoms with Crippen molar-refractivity contribution < 1.29 is 18.7 Å². The standard InChI is InChI=1S/C19H21FN6O3/c1-19(9-16(27)26(2)18(21)25-19)12-4-3-5-13(8-12)24-17(28)14-10-23-15(11-22-14)29-7-6-20/h3-5,8,10-11H,6-7,9H2,1-2H3,(H2,21,25)(H,24,28). The molecule has 0 radical (unpaired) electrons. The van der Waals surface area contributed by atoms with Gasteiger partial charge < -0.3 is 15.8 Å². The Balaban J connectivity index is 1.76. The van der Waals surface area contributed by atoms with E-state index < -0.39 is 18.1 Å². The molecule has 29 heavy (non-hydrogen) atoms. The largest absolute Gasteiger partial charge is 0.474 e. The van der Waals surface area contributed by atoms with E-state index in [1.807, 2.05) is 13.0 Å². The fraction of sp³-hybridized carbons (Fsp3) is 0.316. The van der Waals surface area contributed by atoms with E-state index >= 15 is 0 Å². The van der Waals surface area contributed by atoms with Gasteiger partial charge in [0.25, 0.3) is 5.91 Å². The van der Waals surface area contributed by atoms with Gasteiger partial charge in [-0.3, -0.25) is 14.5 Å². The second-order valence-corrected chi connectivity index (χ2v) is 6.69. The quantitative estimate of drug-likeness (QED) is 0.757. The van der Waals surface area contributed by atoms with Gasteiger partial charge in [-0.1, -0.05) is 12.1 Å². The molecule has 3 rings (SSSR count). The first-order valence-electron chi connectivity index (χ1n) is 8.87. The maximum absolute atomic E-state index is 12.4. The summed E-state index contributed by atoms with van der Waals surface area (Å²) in [4.78, 5) is 38.3. The van der Waals surface area contributed by atoms with Gasteiger partial charge in [-0.2, -0.15) is 0 Å². The number of alkyl halides is 1. The van der Waals surface area contributed by atoms with Gasteiger partial charge in [0.2, 0.25) is 11.8 Å². The molecule has 1 aromatic carbocycles. The number of halogens is 1. The summed E-state index contributed by atoms with van der Waals surface area (Å²) in [6.45, 7) is 1.04. The highest BCUT2D eigenvalue weighted by Crippen LogP contribution is 2.34. The number of nitrogens with zero attached hydrogens (tertiary/aromatic N) is 4. The van der Waals surface area contributed by atoms with Crippen LogP contribution in [0.3, 0.4) is 0 Å². The minimum Gasteiger partial charge on any atom is -0.474 e. The Morgan fingerprint density at radius 1 is 1.38 bits per heavy atom. The number of hydrogen-bond acceptors (Lipinski definition) is 7. The summed E-state index contributed by atoms with van der Waals surface area (Å²) < 4.78 is 17.1. The molecule has 1 aliphatic rings. The van der Waals surface area contributed by atoms with E-state index in [0.717, 1.165) is 5.56 Å². The molecule has 1 unspecified atom stereocenters. The summed E-state index contributed by atoms with van der Waals surface area (Å²) in [5.41, 5.74) is 6.35. The average Bonchev–Trinajstić information content (AvgIpc) is 2.71. The summed E-state index contributed by atoms with van der Waals surface area (Å²) in [7, 11) is 1.58. The van der Waals surface area contributed by atoms with Gasteiger partial charge in [0.05, 0.1) is 24.4 Å². The molecule has 0 saturated heterocycles. The average molecular weight is 400 g/mol. The second-order valence-electron chi connectivity index (χ2n) is 6.69. The van der Waals surface area contributed by atoms with Gasteiger partial charge in [0.15, 0.2) is 5.96 Å². The number of aromatic nitrogens is 2. The maximum Gasteiger partial charge on any atom is 0.275 e. The number of guanidine groups is 1. The molecule has 0 fully saturated rings. The highest BCUT2D eigenvalue weighted by molar-refractivity contribution is 6.03. The van der Waals surface area contributed by atoms with Crippen molar-refractivity contribution in [3.63, 3.8) is 0 Å². The summed E-state index contributed by atoms with van der Waals surface area (Å²) in [6.07, 6.45) is 2.66. The van der Waals surface area contributed by atoms with Crippen molar-refractivity contribution >= 4 is 23.5 Å². The molecule has 1 aromatic heterocycles. The topological polar surface area (TPSA) is 123 Å². The van der Waals surface area contributed by atoms with E-state index in [2.05, 4.69) is 20.3 Å². The number of ether oxygens (including phenoxy) is 1. The van der Waals surface area contributed by atoms with Crippen LogP contribution in [0.4, 0.5) is 10.1 Å². The van der Waals surface area contributed by atoms with E-state index in [4.69, 9.17) is 10.5 Å². The number of benzene rings is 1. The molecular weight excluding hydrogens is 379 g/mol. The summed E-state index contributed by atoms with van der Waals surface area (Å²) >= 11 is 0. The Labute approximate surface area is 166 Å². The van der Waals surface area contributed by atoms with E-state index in [1.165, 1.54) is 17.3 Å². The van der Waals surface area contributed by atoms with Gasteiger partial charge in [-0.05, 0) is 24.6 Å². The first kappa shape index (κ1) is 20.2. The van der Waals surface area contributed by atoms with E-state index in [0.29, 0.717) is 5.69 Å². The number of nitrogens with two attached hydrogens (primary N) is 1. The number of hydrogen-bond donors (Lipinski definition) is 2. The Morgan fingerprint density at radius 3 is 2.83 bits per heavy atom. The van der Waals surface area contributed by atoms with Crippen LogP contribution in [0.25, 0.3) is 0 Å². The number of rotatable bonds is 6. The number of anilines is 1. The summed E-state index contributed by atoms with van der Waals surface area (Å²) in [5, 5.41) is 2.73. The van der Waals surface area contributed by atoms with E-state index in [1.54, 1.807) is 25.2 Å². The molecule has 9 nitrogen and oxygen atoms in total. The van der Waals surface area contributed by atoms with Crippen molar-refractivity contribution in [3.05, 3.63) is 47.9 Å². The maximum atomic E-state index is 12.4. The van der Waals surface area contributed by atoms with Crippen LogP contribution in [-0.4, -0.2) is 53.0 Å². The van der Waals surface area contributed by atoms with Gasteiger partial charge in [-0.25, -0.2) is 19.4 Å². The highest BCUT2D eigenvalue weighted by atomic mass is 19.1. The molecule has 1 aliphatic heterocycles. The highest BCUT2D eigenvalue weighted by Gasteiger charge is 2.36. The normalized spacial score (nSPS) is 18.9. The number of carbonyl (C=O) groups excluding carboxylic acids is 2. The number of amides is 2. The second kappa shape index (κ2) is 8.21. The van der Waals surface area contributed by atoms with E-state index in [-0.39, 0.29) is 36.5 Å². The predicted octanol–water partition coefficient (Wildman–Crippen LogP) is 1.47. The Morgan fingerprint density at radius 2 is 2.17 bits per heavy atom. The van der Waals surface area contributed by atoms with Gasteiger partial charge in [0.1, 0.15) is 19.0 Å². The van der Waals surface area contributed by atoms with Crippen LogP contribution < -0.4 is 15.8 Å². The molecule has 2 heterocycles. The van der Waals surface area contributed by atoms with Crippen molar-refractivity contribution in [2.45, 2.75) is 18.9 Å². The molecule has 0 bridgehead atoms. The van der Waals surface area contributed by atoms with E-state index in [9.17, 15) is 14.0 Å². The third-order valence-corrected chi connectivity index (χ3v) is 4.50. The lowest BCUT2D eigenvalue weighted by atomic mass is 9.87. The van der Waals surface area contributed by atoms with Crippen molar-refractivity contribution in [2.24, 2.45) is 10.7 Å². The minimum atomic E-state index is -0.830. The lowest BCUT2D eigenvalue weighted by molar-refractivity contribution is -0.128. The molecular formula is C19H21FN6O3. The lowest BCUT2D eigenvalue weighted by Crippen LogP contribution is -2.47. The molecule has 10 heteroatoms. The first-order chi connectivity index (χ1) is 13.8. The molecule has 2 amide bonds. The Kier molecular flexibility index (Phi) is 5.71. The Hall–Kier alpha value is -3.56. The molecule has 3 N–H and O–H groups in total. The molecule has 1 atom stereocenters.